The number of carboxylic acids is 1. The number of nitrogens with two attached hydrogens (primary N) is 1. The molecule has 0 heterocycles. The van der Waals surface area contributed by atoms with Crippen molar-refractivity contribution in [2.45, 2.75) is 18.4 Å². The molecule has 0 aliphatic heterocycles. The summed E-state index contributed by atoms with van der Waals surface area (Å²) in [5.74, 6) is -1.10. The van der Waals surface area contributed by atoms with Crippen molar-refractivity contribution in [2.24, 2.45) is 11.7 Å². The molecule has 1 saturated carbocycles. The molecule has 0 amide bonds. The van der Waals surface area contributed by atoms with E-state index in [2.05, 4.69) is 0 Å². The first-order valence-corrected chi connectivity index (χ1v) is 6.46. The molecule has 0 spiro atoms. The van der Waals surface area contributed by atoms with E-state index in [1.165, 1.54) is 24.3 Å². The summed E-state index contributed by atoms with van der Waals surface area (Å²) in [4.78, 5) is 20.2. The van der Waals surface area contributed by atoms with Gasteiger partial charge in [-0.05, 0) is 41.0 Å². The van der Waals surface area contributed by atoms with Crippen LogP contribution in [-0.4, -0.2) is 16.0 Å². The fourth-order valence-corrected chi connectivity index (χ4v) is 2.34. The first-order chi connectivity index (χ1) is 7.96. The quantitative estimate of drug-likeness (QED) is 0.686. The summed E-state index contributed by atoms with van der Waals surface area (Å²) in [5, 5.41) is 9.51. The highest BCUT2D eigenvalue weighted by Crippen LogP contribution is 2.44. The van der Waals surface area contributed by atoms with Crippen LogP contribution in [0.25, 0.3) is 0 Å². The second kappa shape index (κ2) is 4.18. The van der Waals surface area contributed by atoms with Gasteiger partial charge in [0.15, 0.2) is 0 Å². The van der Waals surface area contributed by atoms with Crippen molar-refractivity contribution in [3.8, 4) is 0 Å². The van der Waals surface area contributed by atoms with Gasteiger partial charge in [0.1, 0.15) is 5.54 Å². The van der Waals surface area contributed by atoms with Crippen LogP contribution in [-0.2, 0) is 14.9 Å². The van der Waals surface area contributed by atoms with E-state index in [0.717, 1.165) is 12.8 Å². The predicted molar refractivity (Wildman–Crippen MR) is 62.1 cm³/mol. The molecule has 5 nitrogen and oxygen atoms in total. The van der Waals surface area contributed by atoms with Crippen molar-refractivity contribution in [3.05, 3.63) is 29.8 Å². The van der Waals surface area contributed by atoms with Gasteiger partial charge in [-0.15, -0.1) is 0 Å². The molecule has 1 aromatic rings. The lowest BCUT2D eigenvalue weighted by Gasteiger charge is -2.24. The average Bonchev–Trinajstić information content (AvgIpc) is 3.12. The highest BCUT2D eigenvalue weighted by molar-refractivity contribution is 7.47. The molecule has 0 radical (unpaired) electrons. The monoisotopic (exact) mass is 254 g/mol. The van der Waals surface area contributed by atoms with Crippen molar-refractivity contribution in [3.63, 3.8) is 0 Å². The van der Waals surface area contributed by atoms with Crippen LogP contribution in [0.1, 0.15) is 18.4 Å². The summed E-state index contributed by atoms with van der Waals surface area (Å²) in [5.41, 5.74) is 5.06. The fraction of sp³-hybridized carbons (Fsp3) is 0.364. The summed E-state index contributed by atoms with van der Waals surface area (Å²) in [7, 11) is -2.40. The molecular formula is C11H13NO4P+. The topological polar surface area (TPSA) is 101 Å². The van der Waals surface area contributed by atoms with Gasteiger partial charge in [-0.25, -0.2) is 4.79 Å². The van der Waals surface area contributed by atoms with E-state index >= 15 is 0 Å². The van der Waals surface area contributed by atoms with Gasteiger partial charge in [-0.3, -0.25) is 0 Å². The number of carbonyl (C=O) groups is 1. The molecule has 2 rings (SSSR count). The Labute approximate surface area is 99.1 Å². The van der Waals surface area contributed by atoms with Crippen LogP contribution in [0.3, 0.4) is 0 Å². The summed E-state index contributed by atoms with van der Waals surface area (Å²) >= 11 is 0. The lowest BCUT2D eigenvalue weighted by Crippen LogP contribution is -2.47. The highest BCUT2D eigenvalue weighted by Gasteiger charge is 2.49. The smallest absolute Gasteiger partial charge is 0.480 e. The number of aliphatic carboxylic acids is 1. The molecule has 1 fully saturated rings. The Kier molecular flexibility index (Phi) is 3.00. The number of rotatable bonds is 4. The standard InChI is InChI=1S/C11H12NO4P/c12-11(10(13)14,7-1-2-7)8-3-5-9(6-4-8)17(15)16/h3-7H,1-2,12H2,(H-,13,14,15,16)/p+1. The fourth-order valence-electron chi connectivity index (χ4n) is 1.94. The van der Waals surface area contributed by atoms with Crippen molar-refractivity contribution in [1.82, 2.24) is 0 Å². The van der Waals surface area contributed by atoms with Gasteiger partial charge in [0, 0.05) is 0 Å². The van der Waals surface area contributed by atoms with E-state index < -0.39 is 19.5 Å². The third-order valence-electron chi connectivity index (χ3n) is 3.14. The van der Waals surface area contributed by atoms with Crippen LogP contribution in [0, 0.1) is 5.92 Å². The van der Waals surface area contributed by atoms with Crippen molar-refractivity contribution >= 4 is 19.3 Å². The molecule has 6 heteroatoms. The Morgan fingerprint density at radius 3 is 2.24 bits per heavy atom. The van der Waals surface area contributed by atoms with Crippen LogP contribution in [0.2, 0.25) is 0 Å². The van der Waals surface area contributed by atoms with E-state index in [0.29, 0.717) is 5.56 Å². The second-order valence-electron chi connectivity index (χ2n) is 4.27. The minimum atomic E-state index is -2.40. The van der Waals surface area contributed by atoms with E-state index in [1.807, 2.05) is 0 Å². The molecule has 1 aromatic carbocycles. The molecular weight excluding hydrogens is 241 g/mol. The lowest BCUT2D eigenvalue weighted by atomic mass is 9.86. The summed E-state index contributed by atoms with van der Waals surface area (Å²) < 4.78 is 10.8. The molecule has 2 unspecified atom stereocenters. The Bertz CT molecular complexity index is 469. The molecule has 4 N–H and O–H groups in total. The molecule has 2 atom stereocenters. The SMILES string of the molecule is NC(C(=O)O)(c1ccc([P+](=O)O)cc1)C1CC1. The van der Waals surface area contributed by atoms with Crippen molar-refractivity contribution < 1.29 is 19.4 Å². The van der Waals surface area contributed by atoms with Gasteiger partial charge in [0.25, 0.3) is 0 Å². The van der Waals surface area contributed by atoms with Gasteiger partial charge in [-0.1, -0.05) is 12.1 Å². The average molecular weight is 254 g/mol. The Hall–Kier alpha value is -1.29. The van der Waals surface area contributed by atoms with Crippen molar-refractivity contribution in [1.29, 1.82) is 0 Å². The third kappa shape index (κ3) is 2.09. The molecule has 1 aliphatic rings. The van der Waals surface area contributed by atoms with E-state index in [9.17, 15) is 14.5 Å². The van der Waals surface area contributed by atoms with Crippen LogP contribution < -0.4 is 11.0 Å². The molecule has 0 saturated heterocycles. The minimum absolute atomic E-state index is 0.0475. The van der Waals surface area contributed by atoms with Gasteiger partial charge < -0.3 is 10.8 Å². The number of benzene rings is 1. The van der Waals surface area contributed by atoms with E-state index in [-0.39, 0.29) is 11.2 Å². The van der Waals surface area contributed by atoms with Crippen molar-refractivity contribution in [2.75, 3.05) is 0 Å². The van der Waals surface area contributed by atoms with E-state index in [4.69, 9.17) is 10.6 Å². The zero-order chi connectivity index (χ0) is 12.6. The molecule has 90 valence electrons. The Morgan fingerprint density at radius 2 is 1.88 bits per heavy atom. The summed E-state index contributed by atoms with van der Waals surface area (Å²) in [6.45, 7) is 0. The number of hydrogen-bond acceptors (Lipinski definition) is 3. The summed E-state index contributed by atoms with van der Waals surface area (Å²) in [6.07, 6.45) is 1.61. The second-order valence-corrected chi connectivity index (χ2v) is 5.33. The number of hydrogen-bond donors (Lipinski definition) is 3. The van der Waals surface area contributed by atoms with Gasteiger partial charge in [0.2, 0.25) is 5.30 Å². The maximum absolute atomic E-state index is 11.3. The maximum Gasteiger partial charge on any atom is 0.546 e. The van der Waals surface area contributed by atoms with Crippen LogP contribution >= 0.6 is 8.03 Å². The molecule has 17 heavy (non-hydrogen) atoms. The predicted octanol–water partition coefficient (Wildman–Crippen LogP) is 0.695. The van der Waals surface area contributed by atoms with Gasteiger partial charge in [0.05, 0.1) is 0 Å². The highest BCUT2D eigenvalue weighted by atomic mass is 31.1. The Balaban J connectivity index is 2.37. The minimum Gasteiger partial charge on any atom is -0.480 e. The number of carboxylic acid groups (broad SMARTS) is 1. The molecule has 1 aliphatic carbocycles. The summed E-state index contributed by atoms with van der Waals surface area (Å²) in [6, 6.07) is 5.93. The zero-order valence-electron chi connectivity index (χ0n) is 9.04. The Morgan fingerprint density at radius 1 is 1.35 bits per heavy atom. The normalized spacial score (nSPS) is 19.5. The molecule has 0 aromatic heterocycles. The van der Waals surface area contributed by atoms with E-state index in [1.54, 1.807) is 0 Å². The van der Waals surface area contributed by atoms with Crippen LogP contribution in [0.4, 0.5) is 0 Å². The van der Waals surface area contributed by atoms with Crippen LogP contribution in [0.15, 0.2) is 24.3 Å². The van der Waals surface area contributed by atoms with Gasteiger partial charge in [-0.2, -0.15) is 4.89 Å². The lowest BCUT2D eigenvalue weighted by molar-refractivity contribution is -0.144. The van der Waals surface area contributed by atoms with Gasteiger partial charge >= 0.3 is 14.0 Å². The molecule has 0 bridgehead atoms. The first-order valence-electron chi connectivity index (χ1n) is 5.25. The third-order valence-corrected chi connectivity index (χ3v) is 3.88. The van der Waals surface area contributed by atoms with Crippen LogP contribution in [0.5, 0.6) is 0 Å². The maximum atomic E-state index is 11.3. The first kappa shape index (κ1) is 12.2. The largest absolute Gasteiger partial charge is 0.546 e. The zero-order valence-corrected chi connectivity index (χ0v) is 9.93.